The topological polar surface area (TPSA) is 46.5 Å². The van der Waals surface area contributed by atoms with E-state index in [2.05, 4.69) is 4.74 Å². The molecule has 0 radical (unpaired) electrons. The van der Waals surface area contributed by atoms with Crippen molar-refractivity contribution >= 4 is 5.97 Å². The van der Waals surface area contributed by atoms with Crippen LogP contribution in [0, 0.1) is 0 Å². The maximum atomic E-state index is 11.4. The van der Waals surface area contributed by atoms with E-state index in [9.17, 15) is 9.90 Å². The molecule has 3 nitrogen and oxygen atoms in total. The summed E-state index contributed by atoms with van der Waals surface area (Å²) in [5, 5.41) is 9.29. The Kier molecular flexibility index (Phi) is 6.57. The van der Waals surface area contributed by atoms with Crippen molar-refractivity contribution in [3.05, 3.63) is 120 Å². The summed E-state index contributed by atoms with van der Waals surface area (Å²) in [6.07, 6.45) is 0. The predicted molar refractivity (Wildman–Crippen MR) is 121 cm³/mol. The quantitative estimate of drug-likeness (QED) is 0.430. The molecule has 0 amide bonds. The van der Waals surface area contributed by atoms with E-state index < -0.39 is 6.56 Å². The fraction of sp³-hybridized carbons (Fsp3) is 0.0741. The van der Waals surface area contributed by atoms with Crippen LogP contribution in [0.2, 0.25) is 0 Å². The minimum atomic E-state index is -2.29. The van der Waals surface area contributed by atoms with Crippen molar-refractivity contribution < 1.29 is 17.4 Å². The summed E-state index contributed by atoms with van der Waals surface area (Å²) < 4.78 is 19.2. The summed E-state index contributed by atoms with van der Waals surface area (Å²) in [5.41, 5.74) is 4.86. The molecular formula is C27H24O3. The van der Waals surface area contributed by atoms with Gasteiger partial charge in [-0.1, -0.05) is 91.0 Å². The largest absolute Gasteiger partial charge is 0.465 e. The number of carbonyl (C=O) groups is 1. The number of methoxy groups -OCH3 is 1. The molecule has 0 saturated carbocycles. The summed E-state index contributed by atoms with van der Waals surface area (Å²) in [6.45, 7) is -2.29. The maximum absolute atomic E-state index is 11.4. The SMILES string of the molecule is COC(=O)c1cccc(-c2ccccc2)c1.[2H]C([2H])(O)c1cccc(-c2ccccc2)c1. The Balaban J connectivity index is 0.000000181. The third-order valence-electron chi connectivity index (χ3n) is 4.49. The van der Waals surface area contributed by atoms with Crippen LogP contribution in [0.4, 0.5) is 0 Å². The summed E-state index contributed by atoms with van der Waals surface area (Å²) in [4.78, 5) is 11.4. The first-order valence-corrected chi connectivity index (χ1v) is 9.50. The second-order valence-electron chi connectivity index (χ2n) is 6.50. The highest BCUT2D eigenvalue weighted by Crippen LogP contribution is 2.21. The summed E-state index contributed by atoms with van der Waals surface area (Å²) in [7, 11) is 1.39. The number of aliphatic hydroxyl groups is 1. The summed E-state index contributed by atoms with van der Waals surface area (Å²) in [5.74, 6) is -0.308. The summed E-state index contributed by atoms with van der Waals surface area (Å²) in [6, 6.07) is 33.9. The number of hydrogen-bond acceptors (Lipinski definition) is 3. The second-order valence-corrected chi connectivity index (χ2v) is 6.50. The van der Waals surface area contributed by atoms with Gasteiger partial charge in [0.15, 0.2) is 0 Å². The highest BCUT2D eigenvalue weighted by Gasteiger charge is 2.06. The monoisotopic (exact) mass is 398 g/mol. The number of rotatable bonds is 4. The number of ether oxygens (including phenoxy) is 1. The van der Waals surface area contributed by atoms with Crippen molar-refractivity contribution in [1.29, 1.82) is 0 Å². The van der Waals surface area contributed by atoms with Gasteiger partial charge in [-0.3, -0.25) is 0 Å². The van der Waals surface area contributed by atoms with Gasteiger partial charge in [0.25, 0.3) is 0 Å². The lowest BCUT2D eigenvalue weighted by molar-refractivity contribution is 0.0601. The maximum Gasteiger partial charge on any atom is 0.337 e. The average Bonchev–Trinajstić information content (AvgIpc) is 2.85. The van der Waals surface area contributed by atoms with Crippen LogP contribution in [0.3, 0.4) is 0 Å². The summed E-state index contributed by atoms with van der Waals surface area (Å²) >= 11 is 0. The minimum absolute atomic E-state index is 0.272. The molecule has 0 bridgehead atoms. The molecule has 3 heteroatoms. The second kappa shape index (κ2) is 10.7. The first kappa shape index (κ1) is 18.3. The average molecular weight is 398 g/mol. The van der Waals surface area contributed by atoms with E-state index in [-0.39, 0.29) is 11.5 Å². The lowest BCUT2D eigenvalue weighted by Crippen LogP contribution is -2.00. The van der Waals surface area contributed by atoms with Gasteiger partial charge in [0.05, 0.1) is 22.0 Å². The highest BCUT2D eigenvalue weighted by molar-refractivity contribution is 5.90. The first-order valence-electron chi connectivity index (χ1n) is 10.5. The molecule has 0 unspecified atom stereocenters. The van der Waals surface area contributed by atoms with E-state index in [1.165, 1.54) is 7.11 Å². The van der Waals surface area contributed by atoms with Crippen LogP contribution in [0.1, 0.15) is 18.7 Å². The van der Waals surface area contributed by atoms with Crippen LogP contribution in [-0.2, 0) is 11.3 Å². The molecule has 4 aromatic carbocycles. The van der Waals surface area contributed by atoms with E-state index >= 15 is 0 Å². The predicted octanol–water partition coefficient (Wildman–Crippen LogP) is 5.99. The molecule has 150 valence electrons. The lowest BCUT2D eigenvalue weighted by atomic mass is 10.0. The van der Waals surface area contributed by atoms with E-state index in [0.29, 0.717) is 5.56 Å². The molecule has 30 heavy (non-hydrogen) atoms. The highest BCUT2D eigenvalue weighted by atomic mass is 16.5. The van der Waals surface area contributed by atoms with Gasteiger partial charge in [-0.25, -0.2) is 4.79 Å². The van der Waals surface area contributed by atoms with Crippen molar-refractivity contribution in [2.24, 2.45) is 0 Å². The van der Waals surface area contributed by atoms with Crippen LogP contribution in [-0.4, -0.2) is 18.2 Å². The fourth-order valence-electron chi connectivity index (χ4n) is 2.97. The van der Waals surface area contributed by atoms with Gasteiger partial charge in [-0.2, -0.15) is 0 Å². The van der Waals surface area contributed by atoms with Gasteiger partial charge in [0.2, 0.25) is 0 Å². The first-order chi connectivity index (χ1) is 15.4. The Morgan fingerprint density at radius 2 is 1.23 bits per heavy atom. The van der Waals surface area contributed by atoms with E-state index in [1.54, 1.807) is 24.3 Å². The van der Waals surface area contributed by atoms with Crippen LogP contribution < -0.4 is 0 Å². The molecule has 0 aliphatic rings. The van der Waals surface area contributed by atoms with Gasteiger partial charge in [0.1, 0.15) is 0 Å². The molecule has 0 aliphatic carbocycles. The zero-order valence-electron chi connectivity index (χ0n) is 18.7. The van der Waals surface area contributed by atoms with Crippen molar-refractivity contribution in [3.63, 3.8) is 0 Å². The Hall–Kier alpha value is -3.69. The molecule has 4 rings (SSSR count). The molecule has 4 aromatic rings. The number of esters is 1. The smallest absolute Gasteiger partial charge is 0.337 e. The van der Waals surface area contributed by atoms with Crippen LogP contribution in [0.15, 0.2) is 109 Å². The van der Waals surface area contributed by atoms with Crippen LogP contribution in [0.5, 0.6) is 0 Å². The van der Waals surface area contributed by atoms with Gasteiger partial charge in [-0.15, -0.1) is 0 Å². The van der Waals surface area contributed by atoms with Crippen molar-refractivity contribution in [1.82, 2.24) is 0 Å². The Bertz CT molecular complexity index is 1150. The molecule has 1 N–H and O–H groups in total. The van der Waals surface area contributed by atoms with Crippen molar-refractivity contribution in [2.75, 3.05) is 7.11 Å². The lowest BCUT2D eigenvalue weighted by Gasteiger charge is -2.03. The molecule has 0 atom stereocenters. The number of carbonyl (C=O) groups excluding carboxylic acids is 1. The molecule has 0 spiro atoms. The Morgan fingerprint density at radius 1 is 0.733 bits per heavy atom. The molecule has 0 saturated heterocycles. The van der Waals surface area contributed by atoms with Crippen LogP contribution >= 0.6 is 0 Å². The van der Waals surface area contributed by atoms with Gasteiger partial charge in [-0.05, 0) is 46.0 Å². The number of benzene rings is 4. The van der Waals surface area contributed by atoms with Gasteiger partial charge < -0.3 is 9.84 Å². The fourth-order valence-corrected chi connectivity index (χ4v) is 2.97. The third-order valence-corrected chi connectivity index (χ3v) is 4.49. The van der Waals surface area contributed by atoms with Gasteiger partial charge in [0, 0.05) is 0 Å². The third kappa shape index (κ3) is 5.66. The number of hydrogen-bond donors (Lipinski definition) is 1. The van der Waals surface area contributed by atoms with Crippen molar-refractivity contribution in [2.45, 2.75) is 6.56 Å². The van der Waals surface area contributed by atoms with E-state index in [0.717, 1.165) is 22.3 Å². The zero-order chi connectivity index (χ0) is 23.0. The molecular weight excluding hydrogens is 372 g/mol. The Morgan fingerprint density at radius 3 is 1.77 bits per heavy atom. The van der Waals surface area contributed by atoms with E-state index in [1.807, 2.05) is 84.9 Å². The van der Waals surface area contributed by atoms with Gasteiger partial charge >= 0.3 is 5.97 Å². The molecule has 0 heterocycles. The minimum Gasteiger partial charge on any atom is -0.465 e. The molecule has 0 aromatic heterocycles. The van der Waals surface area contributed by atoms with Crippen LogP contribution in [0.25, 0.3) is 22.3 Å². The zero-order valence-corrected chi connectivity index (χ0v) is 16.7. The van der Waals surface area contributed by atoms with E-state index in [4.69, 9.17) is 2.74 Å². The molecule has 0 aliphatic heterocycles. The van der Waals surface area contributed by atoms with Crippen molar-refractivity contribution in [3.8, 4) is 22.3 Å². The molecule has 0 fully saturated rings. The Labute approximate surface area is 180 Å². The normalized spacial score (nSPS) is 11.4. The standard InChI is InChI=1S/C14H12O2.C13H12O/c1-16-14(15)13-9-5-8-12(10-13)11-6-3-2-4-7-11;14-10-11-5-4-8-13(9-11)12-6-2-1-3-7-12/h2-10H,1H3;1-9,14H,10H2/i;10D2.